The van der Waals surface area contributed by atoms with Gasteiger partial charge in [0.1, 0.15) is 30.5 Å². The SMILES string of the molecule is OCC1OC(c2cccc(CN3CCc4ccccc4C3)c2)[C@H](O)C(O)[C@@H]1O. The van der Waals surface area contributed by atoms with E-state index >= 15 is 0 Å². The molecular formula is C22H27NO5. The number of aliphatic hydroxyl groups excluding tert-OH is 4. The highest BCUT2D eigenvalue weighted by Gasteiger charge is 2.43. The fourth-order valence-corrected chi connectivity index (χ4v) is 4.19. The maximum absolute atomic E-state index is 10.4. The molecule has 0 saturated carbocycles. The maximum Gasteiger partial charge on any atom is 0.113 e. The van der Waals surface area contributed by atoms with Crippen LogP contribution in [0.5, 0.6) is 0 Å². The lowest BCUT2D eigenvalue weighted by Crippen LogP contribution is -2.55. The molecule has 4 N–H and O–H groups in total. The van der Waals surface area contributed by atoms with Gasteiger partial charge < -0.3 is 25.2 Å². The first-order valence-corrected chi connectivity index (χ1v) is 9.75. The monoisotopic (exact) mass is 385 g/mol. The van der Waals surface area contributed by atoms with Crippen LogP contribution in [0.4, 0.5) is 0 Å². The summed E-state index contributed by atoms with van der Waals surface area (Å²) in [6.45, 7) is 2.25. The summed E-state index contributed by atoms with van der Waals surface area (Å²) >= 11 is 0. The molecule has 6 nitrogen and oxygen atoms in total. The first-order chi connectivity index (χ1) is 13.6. The van der Waals surface area contributed by atoms with E-state index in [-0.39, 0.29) is 0 Å². The second-order valence-electron chi connectivity index (χ2n) is 7.72. The molecule has 3 unspecified atom stereocenters. The Bertz CT molecular complexity index is 811. The van der Waals surface area contributed by atoms with Crippen LogP contribution in [0.25, 0.3) is 0 Å². The average molecular weight is 385 g/mol. The quantitative estimate of drug-likeness (QED) is 0.621. The average Bonchev–Trinajstić information content (AvgIpc) is 2.72. The lowest BCUT2D eigenvalue weighted by atomic mass is 9.90. The molecule has 28 heavy (non-hydrogen) atoms. The zero-order chi connectivity index (χ0) is 19.7. The summed E-state index contributed by atoms with van der Waals surface area (Å²) in [6, 6.07) is 16.3. The molecule has 150 valence electrons. The van der Waals surface area contributed by atoms with Crippen molar-refractivity contribution in [1.82, 2.24) is 4.90 Å². The maximum atomic E-state index is 10.4. The van der Waals surface area contributed by atoms with Crippen molar-refractivity contribution < 1.29 is 25.2 Å². The first kappa shape index (κ1) is 19.5. The van der Waals surface area contributed by atoms with Crippen molar-refractivity contribution in [2.24, 2.45) is 0 Å². The predicted octanol–water partition coefficient (Wildman–Crippen LogP) is 0.760. The molecular weight excluding hydrogens is 358 g/mol. The van der Waals surface area contributed by atoms with Crippen LogP contribution < -0.4 is 0 Å². The number of nitrogens with zero attached hydrogens (tertiary/aromatic N) is 1. The largest absolute Gasteiger partial charge is 0.394 e. The van der Waals surface area contributed by atoms with Crippen LogP contribution in [-0.4, -0.2) is 62.9 Å². The van der Waals surface area contributed by atoms with Gasteiger partial charge in [-0.25, -0.2) is 0 Å². The van der Waals surface area contributed by atoms with Gasteiger partial charge in [0.2, 0.25) is 0 Å². The van der Waals surface area contributed by atoms with Gasteiger partial charge >= 0.3 is 0 Å². The molecule has 2 aliphatic heterocycles. The number of hydrogen-bond acceptors (Lipinski definition) is 6. The Kier molecular flexibility index (Phi) is 5.78. The Morgan fingerprint density at radius 3 is 2.50 bits per heavy atom. The number of fused-ring (bicyclic) bond motifs is 1. The minimum absolute atomic E-state index is 0.422. The van der Waals surface area contributed by atoms with E-state index in [1.54, 1.807) is 0 Å². The minimum Gasteiger partial charge on any atom is -0.394 e. The molecule has 0 bridgehead atoms. The number of hydrogen-bond donors (Lipinski definition) is 4. The van der Waals surface area contributed by atoms with Crippen LogP contribution in [0.2, 0.25) is 0 Å². The number of ether oxygens (including phenoxy) is 1. The zero-order valence-corrected chi connectivity index (χ0v) is 15.7. The third-order valence-corrected chi connectivity index (χ3v) is 5.79. The summed E-state index contributed by atoms with van der Waals surface area (Å²) in [6.07, 6.45) is -4.62. The van der Waals surface area contributed by atoms with Crippen molar-refractivity contribution in [3.8, 4) is 0 Å². The molecule has 6 heteroatoms. The van der Waals surface area contributed by atoms with E-state index in [0.29, 0.717) is 0 Å². The van der Waals surface area contributed by atoms with Crippen LogP contribution in [0, 0.1) is 0 Å². The van der Waals surface area contributed by atoms with E-state index < -0.39 is 37.1 Å². The molecule has 2 heterocycles. The molecule has 2 aromatic rings. The Morgan fingerprint density at radius 1 is 0.929 bits per heavy atom. The Labute approximate surface area is 164 Å². The fraction of sp³-hybridized carbons (Fsp3) is 0.455. The normalized spacial score (nSPS) is 30.8. The molecule has 2 aliphatic rings. The Balaban J connectivity index is 1.49. The zero-order valence-electron chi connectivity index (χ0n) is 15.7. The van der Waals surface area contributed by atoms with Gasteiger partial charge in [0.15, 0.2) is 0 Å². The van der Waals surface area contributed by atoms with E-state index in [9.17, 15) is 20.4 Å². The van der Waals surface area contributed by atoms with Crippen LogP contribution in [-0.2, 0) is 24.2 Å². The van der Waals surface area contributed by atoms with Gasteiger partial charge in [0.05, 0.1) is 6.61 Å². The van der Waals surface area contributed by atoms with E-state index in [4.69, 9.17) is 4.74 Å². The number of benzene rings is 2. The van der Waals surface area contributed by atoms with Gasteiger partial charge in [-0.2, -0.15) is 0 Å². The summed E-state index contributed by atoms with van der Waals surface area (Å²) in [5, 5.41) is 39.8. The summed E-state index contributed by atoms with van der Waals surface area (Å²) in [5.74, 6) is 0. The third-order valence-electron chi connectivity index (χ3n) is 5.79. The molecule has 0 radical (unpaired) electrons. The van der Waals surface area contributed by atoms with Crippen molar-refractivity contribution >= 4 is 0 Å². The van der Waals surface area contributed by atoms with Crippen LogP contribution in [0.15, 0.2) is 48.5 Å². The van der Waals surface area contributed by atoms with Gasteiger partial charge in [-0.15, -0.1) is 0 Å². The number of aliphatic hydroxyl groups is 4. The van der Waals surface area contributed by atoms with Gasteiger partial charge in [0, 0.05) is 19.6 Å². The standard InChI is InChI=1S/C22H27NO5/c24-13-18-19(25)20(26)21(27)22(28-18)16-7-3-4-14(10-16)11-23-9-8-15-5-1-2-6-17(15)12-23/h1-7,10,18-22,24-27H,8-9,11-13H2/t18?,19-,20?,21-,22?/m1/s1. The molecule has 0 aromatic heterocycles. The summed E-state index contributed by atoms with van der Waals surface area (Å²) in [5.41, 5.74) is 4.59. The lowest BCUT2D eigenvalue weighted by molar-refractivity contribution is -0.231. The highest BCUT2D eigenvalue weighted by molar-refractivity contribution is 5.30. The number of rotatable bonds is 4. The third kappa shape index (κ3) is 3.85. The minimum atomic E-state index is -1.36. The summed E-state index contributed by atoms with van der Waals surface area (Å²) in [4.78, 5) is 2.38. The van der Waals surface area contributed by atoms with Crippen molar-refractivity contribution in [1.29, 1.82) is 0 Å². The molecule has 4 rings (SSSR count). The smallest absolute Gasteiger partial charge is 0.113 e. The molecule has 5 atom stereocenters. The van der Waals surface area contributed by atoms with Crippen molar-refractivity contribution in [3.05, 3.63) is 70.8 Å². The molecule has 2 aromatic carbocycles. The van der Waals surface area contributed by atoms with Gasteiger partial charge in [0.25, 0.3) is 0 Å². The summed E-state index contributed by atoms with van der Waals surface area (Å²) < 4.78 is 5.68. The van der Waals surface area contributed by atoms with Gasteiger partial charge in [-0.1, -0.05) is 48.5 Å². The topological polar surface area (TPSA) is 93.4 Å². The van der Waals surface area contributed by atoms with E-state index in [2.05, 4.69) is 29.2 Å². The van der Waals surface area contributed by atoms with E-state index in [1.165, 1.54) is 11.1 Å². The van der Waals surface area contributed by atoms with E-state index in [0.717, 1.165) is 37.2 Å². The van der Waals surface area contributed by atoms with Gasteiger partial charge in [-0.3, -0.25) is 4.90 Å². The predicted molar refractivity (Wildman–Crippen MR) is 103 cm³/mol. The fourth-order valence-electron chi connectivity index (χ4n) is 4.19. The second-order valence-corrected chi connectivity index (χ2v) is 7.72. The van der Waals surface area contributed by atoms with Crippen molar-refractivity contribution in [3.63, 3.8) is 0 Å². The van der Waals surface area contributed by atoms with Gasteiger partial charge in [-0.05, 0) is 28.7 Å². The molecule has 1 saturated heterocycles. The van der Waals surface area contributed by atoms with E-state index in [1.807, 2.05) is 24.3 Å². The molecule has 0 spiro atoms. The van der Waals surface area contributed by atoms with Crippen LogP contribution in [0.3, 0.4) is 0 Å². The molecule has 0 aliphatic carbocycles. The Hall–Kier alpha value is -1.80. The van der Waals surface area contributed by atoms with Crippen molar-refractivity contribution in [2.75, 3.05) is 13.2 Å². The second kappa shape index (κ2) is 8.29. The highest BCUT2D eigenvalue weighted by Crippen LogP contribution is 2.33. The lowest BCUT2D eigenvalue weighted by Gasteiger charge is -2.40. The highest BCUT2D eigenvalue weighted by atomic mass is 16.5. The Morgan fingerprint density at radius 2 is 1.71 bits per heavy atom. The molecule has 0 amide bonds. The summed E-state index contributed by atoms with van der Waals surface area (Å²) in [7, 11) is 0. The first-order valence-electron chi connectivity index (χ1n) is 9.75. The van der Waals surface area contributed by atoms with Crippen LogP contribution >= 0.6 is 0 Å². The van der Waals surface area contributed by atoms with Crippen LogP contribution in [0.1, 0.15) is 28.4 Å². The van der Waals surface area contributed by atoms with Crippen molar-refractivity contribution in [2.45, 2.75) is 50.0 Å². The molecule has 1 fully saturated rings.